The van der Waals surface area contributed by atoms with Gasteiger partial charge in [-0.25, -0.2) is 0 Å². The highest BCUT2D eigenvalue weighted by atomic mass is 16.5. The van der Waals surface area contributed by atoms with Gasteiger partial charge in [0.2, 0.25) is 5.75 Å². The molecule has 2 rings (SSSR count). The highest BCUT2D eigenvalue weighted by Crippen LogP contribution is 2.39. The minimum Gasteiger partial charge on any atom is -0.493 e. The lowest BCUT2D eigenvalue weighted by Gasteiger charge is -2.28. The molecule has 0 saturated carbocycles. The molecule has 7 nitrogen and oxygen atoms in total. The number of nitriles is 1. The molecular formula is C21H24N2O5. The molecule has 0 radical (unpaired) electrons. The van der Waals surface area contributed by atoms with Crippen molar-refractivity contribution in [2.24, 2.45) is 5.92 Å². The van der Waals surface area contributed by atoms with E-state index in [0.29, 0.717) is 28.4 Å². The van der Waals surface area contributed by atoms with Crippen molar-refractivity contribution < 1.29 is 23.8 Å². The van der Waals surface area contributed by atoms with E-state index < -0.39 is 11.8 Å². The van der Waals surface area contributed by atoms with Crippen LogP contribution in [0.1, 0.15) is 26.3 Å². The van der Waals surface area contributed by atoms with Gasteiger partial charge < -0.3 is 14.2 Å². The highest BCUT2D eigenvalue weighted by molar-refractivity contribution is 6.19. The summed E-state index contributed by atoms with van der Waals surface area (Å²) < 4.78 is 16.0. The van der Waals surface area contributed by atoms with Crippen molar-refractivity contribution in [3.8, 4) is 23.3 Å². The second-order valence-corrected chi connectivity index (χ2v) is 6.74. The molecule has 0 bridgehead atoms. The molecule has 1 aromatic carbocycles. The van der Waals surface area contributed by atoms with Gasteiger partial charge in [-0.1, -0.05) is 13.8 Å². The fourth-order valence-corrected chi connectivity index (χ4v) is 3.01. The van der Waals surface area contributed by atoms with E-state index in [-0.39, 0.29) is 23.6 Å². The highest BCUT2D eigenvalue weighted by Gasteiger charge is 2.35. The molecule has 7 heteroatoms. The number of ether oxygens (including phenoxy) is 3. The standard InChI is InChI=1S/C21H24N2O5/c1-12(2)11-23-20(24)15(13(3)16(10-22)21(23)25)7-14-8-17(26-4)19(28-6)18(9-14)27-5/h7-9,12H,11H2,1-6H3/b15-7+. The van der Waals surface area contributed by atoms with E-state index in [1.165, 1.54) is 21.3 Å². The zero-order valence-electron chi connectivity index (χ0n) is 17.0. The first kappa shape index (κ1) is 21.0. The number of hydrogen-bond acceptors (Lipinski definition) is 6. The summed E-state index contributed by atoms with van der Waals surface area (Å²) in [5.74, 6) is 0.408. The van der Waals surface area contributed by atoms with Gasteiger partial charge in [0.15, 0.2) is 11.5 Å². The summed E-state index contributed by atoms with van der Waals surface area (Å²) in [6.07, 6.45) is 1.62. The number of hydrogen-bond donors (Lipinski definition) is 0. The second-order valence-electron chi connectivity index (χ2n) is 6.74. The van der Waals surface area contributed by atoms with Crippen LogP contribution in [0.4, 0.5) is 0 Å². The zero-order chi connectivity index (χ0) is 21.0. The van der Waals surface area contributed by atoms with Crippen LogP contribution in [0.3, 0.4) is 0 Å². The zero-order valence-corrected chi connectivity index (χ0v) is 17.0. The monoisotopic (exact) mass is 384 g/mol. The Morgan fingerprint density at radius 3 is 2.07 bits per heavy atom. The van der Waals surface area contributed by atoms with Gasteiger partial charge in [-0.3, -0.25) is 14.5 Å². The largest absolute Gasteiger partial charge is 0.493 e. The predicted molar refractivity (Wildman–Crippen MR) is 104 cm³/mol. The van der Waals surface area contributed by atoms with Gasteiger partial charge in [-0.05, 0) is 42.2 Å². The van der Waals surface area contributed by atoms with Gasteiger partial charge >= 0.3 is 0 Å². The smallest absolute Gasteiger partial charge is 0.271 e. The summed E-state index contributed by atoms with van der Waals surface area (Å²) in [5.41, 5.74) is 1.23. The van der Waals surface area contributed by atoms with Gasteiger partial charge in [-0.2, -0.15) is 5.26 Å². The molecule has 0 aliphatic carbocycles. The second kappa shape index (κ2) is 8.61. The summed E-state index contributed by atoms with van der Waals surface area (Å²) in [6, 6.07) is 5.33. The quantitative estimate of drug-likeness (QED) is 0.553. The third-order valence-electron chi connectivity index (χ3n) is 4.37. The molecule has 0 atom stereocenters. The van der Waals surface area contributed by atoms with E-state index >= 15 is 0 Å². The minimum absolute atomic E-state index is 0.0288. The van der Waals surface area contributed by atoms with E-state index in [2.05, 4.69) is 0 Å². The average Bonchev–Trinajstić information content (AvgIpc) is 2.67. The molecule has 2 amide bonds. The topological polar surface area (TPSA) is 88.9 Å². The Kier molecular flexibility index (Phi) is 6.47. The van der Waals surface area contributed by atoms with Crippen molar-refractivity contribution in [1.82, 2.24) is 4.90 Å². The fourth-order valence-electron chi connectivity index (χ4n) is 3.01. The molecule has 0 aromatic heterocycles. The molecule has 28 heavy (non-hydrogen) atoms. The van der Waals surface area contributed by atoms with E-state index in [1.54, 1.807) is 25.1 Å². The van der Waals surface area contributed by atoms with Gasteiger partial charge in [0.05, 0.1) is 21.3 Å². The number of carbonyl (C=O) groups is 2. The van der Waals surface area contributed by atoms with E-state index in [1.807, 2.05) is 19.9 Å². The molecule has 148 valence electrons. The predicted octanol–water partition coefficient (Wildman–Crippen LogP) is 2.96. The van der Waals surface area contributed by atoms with Crippen molar-refractivity contribution in [2.45, 2.75) is 20.8 Å². The number of methoxy groups -OCH3 is 3. The molecule has 0 saturated heterocycles. The van der Waals surface area contributed by atoms with Crippen LogP contribution in [0, 0.1) is 17.2 Å². The maximum absolute atomic E-state index is 13.0. The average molecular weight is 384 g/mol. The Morgan fingerprint density at radius 2 is 1.64 bits per heavy atom. The first-order chi connectivity index (χ1) is 13.3. The summed E-state index contributed by atoms with van der Waals surface area (Å²) in [5, 5.41) is 9.44. The number of carbonyl (C=O) groups excluding carboxylic acids is 2. The Morgan fingerprint density at radius 1 is 1.07 bits per heavy atom. The van der Waals surface area contributed by atoms with Gasteiger partial charge in [-0.15, -0.1) is 0 Å². The molecule has 1 aliphatic heterocycles. The van der Waals surface area contributed by atoms with Crippen LogP contribution in [0.15, 0.2) is 28.9 Å². The minimum atomic E-state index is -0.555. The van der Waals surface area contributed by atoms with Crippen LogP contribution in [0.25, 0.3) is 6.08 Å². The van der Waals surface area contributed by atoms with Gasteiger partial charge in [0.25, 0.3) is 11.8 Å². The van der Waals surface area contributed by atoms with Crippen molar-refractivity contribution in [3.63, 3.8) is 0 Å². The number of benzene rings is 1. The fraction of sp³-hybridized carbons (Fsp3) is 0.381. The van der Waals surface area contributed by atoms with E-state index in [4.69, 9.17) is 14.2 Å². The first-order valence-corrected chi connectivity index (χ1v) is 8.78. The SMILES string of the molecule is COc1cc(/C=C2/C(=O)N(CC(C)C)C(=O)C(C#N)=C2C)cc(OC)c1OC. The first-order valence-electron chi connectivity index (χ1n) is 8.78. The van der Waals surface area contributed by atoms with Gasteiger partial charge in [0, 0.05) is 12.1 Å². The number of rotatable bonds is 6. The Hall–Kier alpha value is -3.27. The number of imide groups is 1. The summed E-state index contributed by atoms with van der Waals surface area (Å²) in [6.45, 7) is 5.65. The molecule has 1 aromatic rings. The number of amides is 2. The maximum atomic E-state index is 13.0. The lowest BCUT2D eigenvalue weighted by atomic mass is 9.93. The Bertz CT molecular complexity index is 881. The third kappa shape index (κ3) is 3.86. The van der Waals surface area contributed by atoms with Crippen molar-refractivity contribution in [1.29, 1.82) is 5.26 Å². The van der Waals surface area contributed by atoms with Crippen LogP contribution < -0.4 is 14.2 Å². The molecule has 1 aliphatic rings. The lowest BCUT2D eigenvalue weighted by Crippen LogP contribution is -2.44. The lowest BCUT2D eigenvalue weighted by molar-refractivity contribution is -0.141. The Labute approximate surface area is 164 Å². The van der Waals surface area contributed by atoms with Gasteiger partial charge in [0.1, 0.15) is 11.6 Å². The van der Waals surface area contributed by atoms with Crippen molar-refractivity contribution in [2.75, 3.05) is 27.9 Å². The van der Waals surface area contributed by atoms with Crippen LogP contribution >= 0.6 is 0 Å². The van der Waals surface area contributed by atoms with E-state index in [9.17, 15) is 14.9 Å². The number of nitrogens with zero attached hydrogens (tertiary/aromatic N) is 2. The molecule has 0 N–H and O–H groups in total. The Balaban J connectivity index is 2.66. The van der Waals surface area contributed by atoms with Crippen LogP contribution in [-0.4, -0.2) is 44.6 Å². The van der Waals surface area contributed by atoms with Crippen LogP contribution in [0.5, 0.6) is 17.2 Å². The van der Waals surface area contributed by atoms with Crippen molar-refractivity contribution in [3.05, 3.63) is 34.4 Å². The summed E-state index contributed by atoms with van der Waals surface area (Å²) >= 11 is 0. The molecular weight excluding hydrogens is 360 g/mol. The third-order valence-corrected chi connectivity index (χ3v) is 4.37. The van der Waals surface area contributed by atoms with Crippen molar-refractivity contribution >= 4 is 17.9 Å². The molecule has 0 spiro atoms. The normalized spacial score (nSPS) is 15.9. The maximum Gasteiger partial charge on any atom is 0.271 e. The van der Waals surface area contributed by atoms with Crippen LogP contribution in [-0.2, 0) is 9.59 Å². The molecule has 0 fully saturated rings. The molecule has 1 heterocycles. The summed E-state index contributed by atoms with van der Waals surface area (Å²) in [7, 11) is 4.51. The van der Waals surface area contributed by atoms with Crippen LogP contribution in [0.2, 0.25) is 0 Å². The summed E-state index contributed by atoms with van der Waals surface area (Å²) in [4.78, 5) is 26.6. The van der Waals surface area contributed by atoms with E-state index in [0.717, 1.165) is 4.90 Å². The molecule has 0 unspecified atom stereocenters.